The van der Waals surface area contributed by atoms with Gasteiger partial charge in [-0.05, 0) is 37.9 Å². The van der Waals surface area contributed by atoms with E-state index in [0.717, 1.165) is 31.7 Å². The molecule has 0 radical (unpaired) electrons. The van der Waals surface area contributed by atoms with Crippen LogP contribution in [0.3, 0.4) is 0 Å². The van der Waals surface area contributed by atoms with Gasteiger partial charge in [-0.2, -0.15) is 0 Å². The minimum atomic E-state index is -0.361. The van der Waals surface area contributed by atoms with Gasteiger partial charge in [-0.25, -0.2) is 5.84 Å². The van der Waals surface area contributed by atoms with Crippen LogP contribution in [-0.4, -0.2) is 29.8 Å². The van der Waals surface area contributed by atoms with E-state index in [1.807, 2.05) is 0 Å². The third kappa shape index (κ3) is 3.82. The number of primary amides is 1. The second-order valence-corrected chi connectivity index (χ2v) is 5.17. The van der Waals surface area contributed by atoms with Crippen LogP contribution in [-0.2, 0) is 11.3 Å². The van der Waals surface area contributed by atoms with Crippen LogP contribution in [0.5, 0.6) is 0 Å². The molecule has 0 atom stereocenters. The Morgan fingerprint density at radius 3 is 2.70 bits per heavy atom. The number of carbonyl (C=O) groups is 2. The summed E-state index contributed by atoms with van der Waals surface area (Å²) in [5, 5.41) is 0. The molecule has 1 aliphatic rings. The predicted molar refractivity (Wildman–Crippen MR) is 72.2 cm³/mol. The Morgan fingerprint density at radius 2 is 2.10 bits per heavy atom. The lowest BCUT2D eigenvalue weighted by Crippen LogP contribution is -2.34. The van der Waals surface area contributed by atoms with E-state index in [1.54, 1.807) is 6.07 Å². The molecule has 2 rings (SSSR count). The molecule has 0 aromatic carbocycles. The van der Waals surface area contributed by atoms with Crippen molar-refractivity contribution in [2.24, 2.45) is 17.5 Å². The van der Waals surface area contributed by atoms with Gasteiger partial charge in [0.15, 0.2) is 0 Å². The van der Waals surface area contributed by atoms with Crippen LogP contribution >= 0.6 is 0 Å². The number of nitrogens with two attached hydrogens (primary N) is 2. The molecular formula is C13H20N4O3. The number of amides is 2. The predicted octanol–water partition coefficient (Wildman–Crippen LogP) is -0.0295. The van der Waals surface area contributed by atoms with Gasteiger partial charge >= 0.3 is 0 Å². The number of nitrogens with one attached hydrogen (secondary N) is 1. The van der Waals surface area contributed by atoms with E-state index >= 15 is 0 Å². The number of rotatable bonds is 5. The fourth-order valence-corrected chi connectivity index (χ4v) is 2.52. The van der Waals surface area contributed by atoms with Gasteiger partial charge in [0.05, 0.1) is 12.1 Å². The van der Waals surface area contributed by atoms with Crippen LogP contribution in [0.4, 0.5) is 0 Å². The van der Waals surface area contributed by atoms with Crippen molar-refractivity contribution < 1.29 is 14.0 Å². The van der Waals surface area contributed by atoms with Crippen molar-refractivity contribution in [3.63, 3.8) is 0 Å². The molecule has 1 aromatic rings. The molecule has 110 valence electrons. The van der Waals surface area contributed by atoms with Gasteiger partial charge in [-0.3, -0.25) is 19.9 Å². The Balaban J connectivity index is 1.82. The fraction of sp³-hybridized carbons (Fsp3) is 0.538. The maximum Gasteiger partial charge on any atom is 0.268 e. The molecule has 1 saturated heterocycles. The number of hydrogen-bond donors (Lipinski definition) is 3. The summed E-state index contributed by atoms with van der Waals surface area (Å²) in [7, 11) is 0. The monoisotopic (exact) mass is 280 g/mol. The van der Waals surface area contributed by atoms with E-state index in [9.17, 15) is 9.59 Å². The van der Waals surface area contributed by atoms with E-state index in [2.05, 4.69) is 10.3 Å². The average molecular weight is 280 g/mol. The van der Waals surface area contributed by atoms with Crippen LogP contribution in [0.15, 0.2) is 16.7 Å². The Morgan fingerprint density at radius 1 is 1.40 bits per heavy atom. The number of furan rings is 1. The van der Waals surface area contributed by atoms with Crippen molar-refractivity contribution in [1.82, 2.24) is 10.3 Å². The Hall–Kier alpha value is -1.86. The van der Waals surface area contributed by atoms with Crippen molar-refractivity contribution in [2.75, 3.05) is 13.1 Å². The summed E-state index contributed by atoms with van der Waals surface area (Å²) in [6.45, 7) is 2.45. The molecule has 1 aromatic heterocycles. The highest BCUT2D eigenvalue weighted by molar-refractivity contribution is 5.93. The summed E-state index contributed by atoms with van der Waals surface area (Å²) < 4.78 is 5.35. The van der Waals surface area contributed by atoms with Crippen LogP contribution in [0, 0.1) is 5.92 Å². The summed E-state index contributed by atoms with van der Waals surface area (Å²) in [5.41, 5.74) is 7.70. The van der Waals surface area contributed by atoms with E-state index in [1.165, 1.54) is 6.26 Å². The first-order chi connectivity index (χ1) is 9.58. The highest BCUT2D eigenvalue weighted by atomic mass is 16.3. The molecule has 7 heteroatoms. The topological polar surface area (TPSA) is 115 Å². The van der Waals surface area contributed by atoms with Crippen LogP contribution in [0.25, 0.3) is 0 Å². The standard InChI is InChI=1S/C13H20N4O3/c14-12(18)5-9-1-3-17(4-2-9)7-11-6-10(8-20-11)13(19)16-15/h6,8-9H,1-5,7,15H2,(H2,14,18)(H,16,19). The van der Waals surface area contributed by atoms with Crippen LogP contribution in [0.2, 0.25) is 0 Å². The number of piperidine rings is 1. The number of nitrogens with zero attached hydrogens (tertiary/aromatic N) is 1. The molecule has 0 aliphatic carbocycles. The fourth-order valence-electron chi connectivity index (χ4n) is 2.52. The zero-order chi connectivity index (χ0) is 14.5. The minimum Gasteiger partial charge on any atom is -0.467 e. The first kappa shape index (κ1) is 14.5. The van der Waals surface area contributed by atoms with Crippen molar-refractivity contribution >= 4 is 11.8 Å². The highest BCUT2D eigenvalue weighted by Crippen LogP contribution is 2.22. The van der Waals surface area contributed by atoms with Crippen molar-refractivity contribution in [1.29, 1.82) is 0 Å². The zero-order valence-electron chi connectivity index (χ0n) is 11.3. The summed E-state index contributed by atoms with van der Waals surface area (Å²) >= 11 is 0. The number of hydrazine groups is 1. The van der Waals surface area contributed by atoms with E-state index in [-0.39, 0.29) is 11.8 Å². The quantitative estimate of drug-likeness (QED) is 0.398. The van der Waals surface area contributed by atoms with Crippen molar-refractivity contribution in [2.45, 2.75) is 25.8 Å². The average Bonchev–Trinajstić information content (AvgIpc) is 2.88. The highest BCUT2D eigenvalue weighted by Gasteiger charge is 2.21. The van der Waals surface area contributed by atoms with Gasteiger partial charge in [-0.1, -0.05) is 0 Å². The van der Waals surface area contributed by atoms with Crippen LogP contribution in [0.1, 0.15) is 35.4 Å². The number of carbonyl (C=O) groups excluding carboxylic acids is 2. The molecular weight excluding hydrogens is 260 g/mol. The number of hydrogen-bond acceptors (Lipinski definition) is 5. The normalized spacial score (nSPS) is 17.1. The van der Waals surface area contributed by atoms with Crippen molar-refractivity contribution in [3.05, 3.63) is 23.7 Å². The minimum absolute atomic E-state index is 0.230. The lowest BCUT2D eigenvalue weighted by molar-refractivity contribution is -0.119. The first-order valence-corrected chi connectivity index (χ1v) is 6.67. The third-order valence-corrected chi connectivity index (χ3v) is 3.62. The lowest BCUT2D eigenvalue weighted by atomic mass is 9.93. The Labute approximate surface area is 117 Å². The molecule has 0 spiro atoms. The van der Waals surface area contributed by atoms with Gasteiger partial charge in [0.25, 0.3) is 5.91 Å². The largest absolute Gasteiger partial charge is 0.467 e. The number of nitrogen functional groups attached to an aromatic ring is 1. The molecule has 1 aliphatic heterocycles. The zero-order valence-corrected chi connectivity index (χ0v) is 11.3. The molecule has 20 heavy (non-hydrogen) atoms. The summed E-state index contributed by atoms with van der Waals surface area (Å²) in [6.07, 6.45) is 3.78. The molecule has 1 fully saturated rings. The Bertz CT molecular complexity index is 478. The third-order valence-electron chi connectivity index (χ3n) is 3.62. The molecule has 0 saturated carbocycles. The molecule has 2 amide bonds. The summed E-state index contributed by atoms with van der Waals surface area (Å²) in [6, 6.07) is 1.69. The smallest absolute Gasteiger partial charge is 0.268 e. The van der Waals surface area contributed by atoms with Gasteiger partial charge in [0.1, 0.15) is 12.0 Å². The van der Waals surface area contributed by atoms with Gasteiger partial charge < -0.3 is 10.2 Å². The molecule has 0 unspecified atom stereocenters. The van der Waals surface area contributed by atoms with Crippen molar-refractivity contribution in [3.8, 4) is 0 Å². The second-order valence-electron chi connectivity index (χ2n) is 5.17. The van der Waals surface area contributed by atoms with Gasteiger partial charge in [0, 0.05) is 6.42 Å². The molecule has 0 bridgehead atoms. The summed E-state index contributed by atoms with van der Waals surface area (Å²) in [5.74, 6) is 5.59. The molecule has 5 N–H and O–H groups in total. The van der Waals surface area contributed by atoms with Gasteiger partial charge in [-0.15, -0.1) is 0 Å². The maximum absolute atomic E-state index is 11.3. The maximum atomic E-state index is 11.3. The first-order valence-electron chi connectivity index (χ1n) is 6.67. The van der Waals surface area contributed by atoms with E-state index in [4.69, 9.17) is 16.0 Å². The lowest BCUT2D eigenvalue weighted by Gasteiger charge is -2.30. The second kappa shape index (κ2) is 6.53. The molecule has 2 heterocycles. The molecule has 7 nitrogen and oxygen atoms in total. The number of likely N-dealkylation sites (tertiary alicyclic amines) is 1. The van der Waals surface area contributed by atoms with Gasteiger partial charge in [0.2, 0.25) is 5.91 Å². The summed E-state index contributed by atoms with van der Waals surface area (Å²) in [4.78, 5) is 24.4. The van der Waals surface area contributed by atoms with E-state index < -0.39 is 0 Å². The SMILES string of the molecule is NNC(=O)c1coc(CN2CCC(CC(N)=O)CC2)c1. The van der Waals surface area contributed by atoms with E-state index in [0.29, 0.717) is 24.4 Å². The van der Waals surface area contributed by atoms with Crippen LogP contribution < -0.4 is 17.0 Å². The Kier molecular flexibility index (Phi) is 4.75.